The molecule has 0 heterocycles. The van der Waals surface area contributed by atoms with Gasteiger partial charge in [0.15, 0.2) is 0 Å². The van der Waals surface area contributed by atoms with E-state index in [0.717, 1.165) is 38.2 Å². The fraction of sp³-hybridized carbons (Fsp3) is 0.667. The molecule has 0 saturated heterocycles. The summed E-state index contributed by atoms with van der Waals surface area (Å²) in [7, 11) is 5.92. The van der Waals surface area contributed by atoms with Crippen LogP contribution in [0.4, 0.5) is 0 Å². The summed E-state index contributed by atoms with van der Waals surface area (Å²) < 4.78 is 5.19. The maximum atomic E-state index is 5.19. The van der Waals surface area contributed by atoms with Gasteiger partial charge >= 0.3 is 0 Å². The van der Waals surface area contributed by atoms with E-state index in [4.69, 9.17) is 4.74 Å². The minimum atomic E-state index is 0.946. The van der Waals surface area contributed by atoms with Crippen LogP contribution in [0, 0.1) is 0 Å². The van der Waals surface area contributed by atoms with Crippen molar-refractivity contribution in [1.29, 1.82) is 0 Å². The highest BCUT2D eigenvalue weighted by atomic mass is 16.5. The van der Waals surface area contributed by atoms with Gasteiger partial charge in [-0.05, 0) is 26.6 Å². The number of nitrogens with zero attached hydrogens (tertiary/aromatic N) is 1. The Morgan fingerprint density at radius 1 is 1.33 bits per heavy atom. The molecular formula is C12H22N2O. The Labute approximate surface area is 92.8 Å². The van der Waals surface area contributed by atoms with Crippen molar-refractivity contribution in [3.05, 3.63) is 23.5 Å². The molecule has 1 N–H and O–H groups in total. The first-order valence-corrected chi connectivity index (χ1v) is 5.48. The summed E-state index contributed by atoms with van der Waals surface area (Å²) >= 11 is 0. The molecule has 0 aliphatic heterocycles. The van der Waals surface area contributed by atoms with E-state index in [9.17, 15) is 0 Å². The van der Waals surface area contributed by atoms with E-state index < -0.39 is 0 Å². The topological polar surface area (TPSA) is 24.5 Å². The monoisotopic (exact) mass is 210 g/mol. The van der Waals surface area contributed by atoms with Crippen LogP contribution in [0.3, 0.4) is 0 Å². The van der Waals surface area contributed by atoms with Gasteiger partial charge in [0.05, 0.1) is 12.9 Å². The molecule has 0 atom stereocenters. The minimum absolute atomic E-state index is 0.946. The Morgan fingerprint density at radius 2 is 2.13 bits per heavy atom. The molecule has 0 spiro atoms. The average Bonchev–Trinajstić information content (AvgIpc) is 2.25. The molecule has 0 fully saturated rings. The summed E-state index contributed by atoms with van der Waals surface area (Å²) in [6.07, 6.45) is 6.41. The van der Waals surface area contributed by atoms with Crippen molar-refractivity contribution < 1.29 is 4.74 Å². The smallest absolute Gasteiger partial charge is 0.0956 e. The van der Waals surface area contributed by atoms with E-state index >= 15 is 0 Å². The molecule has 0 aromatic heterocycles. The number of nitrogens with one attached hydrogen (secondary N) is 1. The maximum Gasteiger partial charge on any atom is 0.0956 e. The molecule has 3 heteroatoms. The predicted molar refractivity (Wildman–Crippen MR) is 63.8 cm³/mol. The van der Waals surface area contributed by atoms with Crippen LogP contribution >= 0.6 is 0 Å². The number of hydrogen-bond donors (Lipinski definition) is 1. The van der Waals surface area contributed by atoms with Crippen molar-refractivity contribution in [1.82, 2.24) is 10.2 Å². The van der Waals surface area contributed by atoms with Crippen molar-refractivity contribution in [3.8, 4) is 0 Å². The number of allylic oxidation sites excluding steroid dienone is 2. The Balaban J connectivity index is 2.11. The number of likely N-dealkylation sites (N-methyl/N-ethyl adjacent to an activating group) is 1. The van der Waals surface area contributed by atoms with Crippen LogP contribution in [0.1, 0.15) is 12.8 Å². The largest absolute Gasteiger partial charge is 0.501 e. The SMILES string of the molecule is COC1=CCC(CNCCN(C)C)=CC1. The lowest BCUT2D eigenvalue weighted by Gasteiger charge is -2.15. The van der Waals surface area contributed by atoms with E-state index in [0.29, 0.717) is 0 Å². The van der Waals surface area contributed by atoms with Crippen LogP contribution in [-0.2, 0) is 4.74 Å². The predicted octanol–water partition coefficient (Wildman–Crippen LogP) is 1.39. The molecule has 1 aliphatic rings. The van der Waals surface area contributed by atoms with Gasteiger partial charge in [-0.2, -0.15) is 0 Å². The van der Waals surface area contributed by atoms with Gasteiger partial charge in [-0.25, -0.2) is 0 Å². The minimum Gasteiger partial charge on any atom is -0.501 e. The number of methoxy groups -OCH3 is 1. The molecule has 0 unspecified atom stereocenters. The van der Waals surface area contributed by atoms with E-state index in [1.54, 1.807) is 7.11 Å². The molecule has 0 saturated carbocycles. The van der Waals surface area contributed by atoms with E-state index in [1.165, 1.54) is 5.57 Å². The van der Waals surface area contributed by atoms with Gasteiger partial charge in [-0.3, -0.25) is 0 Å². The van der Waals surface area contributed by atoms with Crippen molar-refractivity contribution in [2.24, 2.45) is 0 Å². The fourth-order valence-electron chi connectivity index (χ4n) is 1.52. The van der Waals surface area contributed by atoms with Crippen LogP contribution in [0.25, 0.3) is 0 Å². The Kier molecular flexibility index (Phi) is 5.43. The average molecular weight is 210 g/mol. The number of rotatable bonds is 6. The first-order chi connectivity index (χ1) is 7.22. The third kappa shape index (κ3) is 5.00. The molecule has 86 valence electrons. The number of hydrogen-bond acceptors (Lipinski definition) is 3. The summed E-state index contributed by atoms with van der Waals surface area (Å²) in [5, 5.41) is 3.44. The maximum absolute atomic E-state index is 5.19. The summed E-state index contributed by atoms with van der Waals surface area (Å²) in [5.74, 6) is 1.09. The Hall–Kier alpha value is -0.800. The van der Waals surface area contributed by atoms with Crippen molar-refractivity contribution in [2.45, 2.75) is 12.8 Å². The molecular weight excluding hydrogens is 188 g/mol. The van der Waals surface area contributed by atoms with Crippen LogP contribution in [0.2, 0.25) is 0 Å². The van der Waals surface area contributed by atoms with Crippen molar-refractivity contribution in [3.63, 3.8) is 0 Å². The van der Waals surface area contributed by atoms with Crippen molar-refractivity contribution >= 4 is 0 Å². The van der Waals surface area contributed by atoms with Crippen LogP contribution in [0.15, 0.2) is 23.5 Å². The first-order valence-electron chi connectivity index (χ1n) is 5.48. The molecule has 1 rings (SSSR count). The summed E-state index contributed by atoms with van der Waals surface area (Å²) in [6, 6.07) is 0. The lowest BCUT2D eigenvalue weighted by Crippen LogP contribution is -2.28. The lowest BCUT2D eigenvalue weighted by atomic mass is 10.0. The molecule has 0 amide bonds. The second-order valence-electron chi connectivity index (χ2n) is 4.13. The van der Waals surface area contributed by atoms with Gasteiger partial charge in [-0.1, -0.05) is 11.6 Å². The van der Waals surface area contributed by atoms with Gasteiger partial charge in [0.2, 0.25) is 0 Å². The zero-order valence-electron chi connectivity index (χ0n) is 10.0. The van der Waals surface area contributed by atoms with E-state index in [-0.39, 0.29) is 0 Å². The second kappa shape index (κ2) is 6.64. The van der Waals surface area contributed by atoms with Gasteiger partial charge in [0.1, 0.15) is 0 Å². The second-order valence-corrected chi connectivity index (χ2v) is 4.13. The van der Waals surface area contributed by atoms with Gasteiger partial charge < -0.3 is 15.0 Å². The zero-order chi connectivity index (χ0) is 11.1. The summed E-state index contributed by atoms with van der Waals surface area (Å²) in [4.78, 5) is 2.19. The van der Waals surface area contributed by atoms with Crippen LogP contribution in [0.5, 0.6) is 0 Å². The highest BCUT2D eigenvalue weighted by molar-refractivity contribution is 5.19. The summed E-state index contributed by atoms with van der Waals surface area (Å²) in [5.41, 5.74) is 1.47. The third-order valence-corrected chi connectivity index (χ3v) is 2.53. The van der Waals surface area contributed by atoms with Gasteiger partial charge in [-0.15, -0.1) is 0 Å². The molecule has 0 radical (unpaired) electrons. The van der Waals surface area contributed by atoms with E-state index in [2.05, 4.69) is 36.5 Å². The molecule has 0 aromatic rings. The first kappa shape index (κ1) is 12.3. The third-order valence-electron chi connectivity index (χ3n) is 2.53. The Bertz CT molecular complexity index is 244. The highest BCUT2D eigenvalue weighted by Crippen LogP contribution is 2.16. The van der Waals surface area contributed by atoms with E-state index in [1.807, 2.05) is 0 Å². The van der Waals surface area contributed by atoms with Crippen LogP contribution in [-0.4, -0.2) is 45.7 Å². The molecule has 0 bridgehead atoms. The summed E-state index contributed by atoms with van der Waals surface area (Å²) in [6.45, 7) is 3.14. The molecule has 3 nitrogen and oxygen atoms in total. The molecule has 1 aliphatic carbocycles. The quantitative estimate of drug-likeness (QED) is 0.529. The highest BCUT2D eigenvalue weighted by Gasteiger charge is 2.04. The number of ether oxygens (including phenoxy) is 1. The molecule has 0 aromatic carbocycles. The van der Waals surface area contributed by atoms with Crippen LogP contribution < -0.4 is 5.32 Å². The van der Waals surface area contributed by atoms with Gasteiger partial charge in [0, 0.05) is 26.1 Å². The van der Waals surface area contributed by atoms with Gasteiger partial charge in [0.25, 0.3) is 0 Å². The zero-order valence-corrected chi connectivity index (χ0v) is 10.0. The fourth-order valence-corrected chi connectivity index (χ4v) is 1.52. The normalized spacial score (nSPS) is 16.3. The Morgan fingerprint density at radius 3 is 2.67 bits per heavy atom. The lowest BCUT2D eigenvalue weighted by molar-refractivity contribution is 0.281. The standard InChI is InChI=1S/C12H22N2O/c1-14(2)9-8-13-10-11-4-6-12(15-3)7-5-11/h4,7,13H,5-6,8-10H2,1-3H3. The molecule has 15 heavy (non-hydrogen) atoms. The van der Waals surface area contributed by atoms with Crippen molar-refractivity contribution in [2.75, 3.05) is 40.8 Å².